The molecule has 27 heavy (non-hydrogen) atoms. The Bertz CT molecular complexity index is 796. The summed E-state index contributed by atoms with van der Waals surface area (Å²) in [6.45, 7) is 3.37. The number of aryl methyl sites for hydroxylation is 1. The first-order chi connectivity index (χ1) is 13.4. The van der Waals surface area contributed by atoms with Crippen LogP contribution in [0.4, 0.5) is 5.69 Å². The number of thioether (sulfide) groups is 1. The first-order valence-electron chi connectivity index (χ1n) is 9.73. The van der Waals surface area contributed by atoms with Gasteiger partial charge >= 0.3 is 0 Å². The van der Waals surface area contributed by atoms with Gasteiger partial charge in [-0.05, 0) is 67.6 Å². The van der Waals surface area contributed by atoms with Gasteiger partial charge in [-0.15, -0.1) is 11.8 Å². The molecule has 0 aliphatic carbocycles. The molecule has 0 saturated carbocycles. The Morgan fingerprint density at radius 1 is 0.926 bits per heavy atom. The van der Waals surface area contributed by atoms with Gasteiger partial charge in [0.05, 0.1) is 6.33 Å². The zero-order chi connectivity index (χ0) is 18.3. The predicted molar refractivity (Wildman–Crippen MR) is 112 cm³/mol. The van der Waals surface area contributed by atoms with Crippen LogP contribution in [0.3, 0.4) is 0 Å². The molecule has 0 N–H and O–H groups in total. The predicted octanol–water partition coefficient (Wildman–Crippen LogP) is 4.67. The quantitative estimate of drug-likeness (QED) is 0.533. The van der Waals surface area contributed by atoms with Gasteiger partial charge in [-0.1, -0.05) is 0 Å². The molecule has 3 aromatic rings. The molecule has 5 heteroatoms. The monoisotopic (exact) mass is 378 g/mol. The molecule has 1 atom stereocenters. The third-order valence-electron chi connectivity index (χ3n) is 5.09. The van der Waals surface area contributed by atoms with Crippen molar-refractivity contribution in [1.29, 1.82) is 0 Å². The molecule has 4 nitrogen and oxygen atoms in total. The molecule has 0 amide bonds. The molecule has 0 radical (unpaired) electrons. The number of imidazole rings is 1. The van der Waals surface area contributed by atoms with E-state index in [1.165, 1.54) is 42.1 Å². The van der Waals surface area contributed by atoms with E-state index in [-0.39, 0.29) is 0 Å². The fourth-order valence-corrected chi connectivity index (χ4v) is 4.76. The molecule has 1 saturated heterocycles. The zero-order valence-corrected chi connectivity index (χ0v) is 16.4. The Morgan fingerprint density at radius 2 is 1.70 bits per heavy atom. The van der Waals surface area contributed by atoms with E-state index in [2.05, 4.69) is 62.0 Å². The average Bonchev–Trinajstić information content (AvgIpc) is 3.42. The molecule has 140 valence electrons. The second-order valence-electron chi connectivity index (χ2n) is 7.08. The molecular formula is C22H26N4S. The van der Waals surface area contributed by atoms with Crippen molar-refractivity contribution in [2.45, 2.75) is 42.4 Å². The highest BCUT2D eigenvalue weighted by Gasteiger charge is 2.14. The summed E-state index contributed by atoms with van der Waals surface area (Å²) < 4.78 is 2.18. The molecular weight excluding hydrogens is 352 g/mol. The Balaban J connectivity index is 1.41. The maximum atomic E-state index is 4.20. The SMILES string of the molecule is c1cc(CCC(Cn2ccnc2)Sc2ccc(N3CCCC3)cc2)ccn1. The summed E-state index contributed by atoms with van der Waals surface area (Å²) in [6.07, 6.45) is 14.4. The molecule has 1 aromatic carbocycles. The normalized spacial score (nSPS) is 15.2. The fourth-order valence-electron chi connectivity index (χ4n) is 3.60. The number of pyridine rings is 1. The number of benzene rings is 1. The van der Waals surface area contributed by atoms with Gasteiger partial charge in [-0.2, -0.15) is 0 Å². The third kappa shape index (κ3) is 5.13. The molecule has 1 aliphatic heterocycles. The number of hydrogen-bond donors (Lipinski definition) is 0. The van der Waals surface area contributed by atoms with Gasteiger partial charge in [-0.3, -0.25) is 4.98 Å². The summed E-state index contributed by atoms with van der Waals surface area (Å²) in [5, 5.41) is 0.505. The molecule has 2 aromatic heterocycles. The molecule has 0 spiro atoms. The maximum Gasteiger partial charge on any atom is 0.0946 e. The van der Waals surface area contributed by atoms with Crippen molar-refractivity contribution >= 4 is 17.4 Å². The van der Waals surface area contributed by atoms with E-state index >= 15 is 0 Å². The highest BCUT2D eigenvalue weighted by atomic mass is 32.2. The standard InChI is InChI=1S/C22H26N4S/c1-2-15-26(14-1)20-4-7-21(8-5-20)27-22(17-25-16-13-24-18-25)6-3-19-9-11-23-12-10-19/h4-5,7-13,16,18,22H,1-3,6,14-15,17H2. The van der Waals surface area contributed by atoms with Crippen molar-refractivity contribution in [1.82, 2.24) is 14.5 Å². The summed E-state index contributed by atoms with van der Waals surface area (Å²) in [5.41, 5.74) is 2.71. The first kappa shape index (κ1) is 18.1. The minimum absolute atomic E-state index is 0.505. The van der Waals surface area contributed by atoms with Gasteiger partial charge in [0.15, 0.2) is 0 Å². The Kier molecular flexibility index (Phi) is 6.10. The lowest BCUT2D eigenvalue weighted by Crippen LogP contribution is -2.17. The fraction of sp³-hybridized carbons (Fsp3) is 0.364. The minimum Gasteiger partial charge on any atom is -0.372 e. The van der Waals surface area contributed by atoms with Crippen LogP contribution < -0.4 is 4.90 Å². The van der Waals surface area contributed by atoms with Crippen LogP contribution in [0.2, 0.25) is 0 Å². The van der Waals surface area contributed by atoms with Crippen molar-refractivity contribution < 1.29 is 0 Å². The van der Waals surface area contributed by atoms with Crippen LogP contribution in [0.1, 0.15) is 24.8 Å². The lowest BCUT2D eigenvalue weighted by atomic mass is 10.1. The van der Waals surface area contributed by atoms with Crippen molar-refractivity contribution in [2.75, 3.05) is 18.0 Å². The largest absolute Gasteiger partial charge is 0.372 e. The summed E-state index contributed by atoms with van der Waals surface area (Å²) in [5.74, 6) is 0. The average molecular weight is 379 g/mol. The van der Waals surface area contributed by atoms with Gasteiger partial charge < -0.3 is 9.47 Å². The molecule has 3 heterocycles. The first-order valence-corrected chi connectivity index (χ1v) is 10.6. The summed E-state index contributed by atoms with van der Waals surface area (Å²) in [4.78, 5) is 12.1. The van der Waals surface area contributed by atoms with Crippen LogP contribution in [0.15, 0.2) is 72.4 Å². The van der Waals surface area contributed by atoms with Gasteiger partial charge in [0.1, 0.15) is 0 Å². The van der Waals surface area contributed by atoms with Gasteiger partial charge in [0, 0.05) is 60.3 Å². The maximum absolute atomic E-state index is 4.20. The number of rotatable bonds is 8. The zero-order valence-electron chi connectivity index (χ0n) is 15.6. The van der Waals surface area contributed by atoms with Crippen LogP contribution in [0.5, 0.6) is 0 Å². The van der Waals surface area contributed by atoms with E-state index in [1.54, 1.807) is 0 Å². The molecule has 0 bridgehead atoms. The van der Waals surface area contributed by atoms with Crippen LogP contribution in [-0.4, -0.2) is 32.9 Å². The minimum atomic E-state index is 0.505. The van der Waals surface area contributed by atoms with Crippen molar-refractivity contribution in [3.8, 4) is 0 Å². The second kappa shape index (κ2) is 9.09. The molecule has 1 fully saturated rings. The Labute approximate surface area is 165 Å². The third-order valence-corrected chi connectivity index (χ3v) is 6.35. The van der Waals surface area contributed by atoms with Crippen LogP contribution in [-0.2, 0) is 13.0 Å². The van der Waals surface area contributed by atoms with Crippen LogP contribution >= 0.6 is 11.8 Å². The number of nitrogens with zero attached hydrogens (tertiary/aromatic N) is 4. The van der Waals surface area contributed by atoms with E-state index < -0.39 is 0 Å². The van der Waals surface area contributed by atoms with Crippen molar-refractivity contribution in [3.63, 3.8) is 0 Å². The number of aromatic nitrogens is 3. The summed E-state index contributed by atoms with van der Waals surface area (Å²) in [6, 6.07) is 13.4. The molecule has 4 rings (SSSR count). The number of hydrogen-bond acceptors (Lipinski definition) is 4. The lowest BCUT2D eigenvalue weighted by Gasteiger charge is -2.20. The Morgan fingerprint density at radius 3 is 2.41 bits per heavy atom. The van der Waals surface area contributed by atoms with Crippen molar-refractivity contribution in [3.05, 3.63) is 73.1 Å². The second-order valence-corrected chi connectivity index (χ2v) is 8.46. The highest BCUT2D eigenvalue weighted by molar-refractivity contribution is 8.00. The van der Waals surface area contributed by atoms with E-state index in [9.17, 15) is 0 Å². The smallest absolute Gasteiger partial charge is 0.0946 e. The van der Waals surface area contributed by atoms with E-state index in [1.807, 2.05) is 36.7 Å². The van der Waals surface area contributed by atoms with Crippen molar-refractivity contribution in [2.24, 2.45) is 0 Å². The van der Waals surface area contributed by atoms with Crippen LogP contribution in [0, 0.1) is 0 Å². The lowest BCUT2D eigenvalue weighted by molar-refractivity contribution is 0.624. The van der Waals surface area contributed by atoms with Gasteiger partial charge in [0.25, 0.3) is 0 Å². The van der Waals surface area contributed by atoms with E-state index in [0.29, 0.717) is 5.25 Å². The summed E-state index contributed by atoms with van der Waals surface area (Å²) in [7, 11) is 0. The molecule has 1 unspecified atom stereocenters. The number of anilines is 1. The highest BCUT2D eigenvalue weighted by Crippen LogP contribution is 2.30. The Hall–Kier alpha value is -2.27. The van der Waals surface area contributed by atoms with E-state index in [4.69, 9.17) is 0 Å². The van der Waals surface area contributed by atoms with Gasteiger partial charge in [0.2, 0.25) is 0 Å². The van der Waals surface area contributed by atoms with Crippen LogP contribution in [0.25, 0.3) is 0 Å². The topological polar surface area (TPSA) is 34.0 Å². The molecule has 1 aliphatic rings. The summed E-state index contributed by atoms with van der Waals surface area (Å²) >= 11 is 1.97. The van der Waals surface area contributed by atoms with E-state index in [0.717, 1.165) is 19.4 Å². The van der Waals surface area contributed by atoms with Gasteiger partial charge in [-0.25, -0.2) is 4.98 Å².